The Morgan fingerprint density at radius 3 is 2.85 bits per heavy atom. The Morgan fingerprint density at radius 2 is 2.08 bits per heavy atom. The summed E-state index contributed by atoms with van der Waals surface area (Å²) in [5.41, 5.74) is 0.988. The number of rotatable bonds is 6. The van der Waals surface area contributed by atoms with E-state index in [2.05, 4.69) is 15.5 Å². The number of hydrogen-bond acceptors (Lipinski definition) is 6. The van der Waals surface area contributed by atoms with Crippen LogP contribution in [0.15, 0.2) is 23.4 Å². The molecule has 1 saturated carbocycles. The molecule has 1 aromatic heterocycles. The summed E-state index contributed by atoms with van der Waals surface area (Å²) in [4.78, 5) is 12.3. The second kappa shape index (κ2) is 7.19. The van der Waals surface area contributed by atoms with Crippen LogP contribution in [0.1, 0.15) is 43.1 Å². The molecular formula is C18H22N4O3S. The van der Waals surface area contributed by atoms with Crippen LogP contribution in [0.5, 0.6) is 11.5 Å². The van der Waals surface area contributed by atoms with E-state index in [1.807, 2.05) is 36.7 Å². The van der Waals surface area contributed by atoms with Crippen molar-refractivity contribution in [1.82, 2.24) is 20.1 Å². The molecule has 7 nitrogen and oxygen atoms in total. The Bertz CT molecular complexity index is 819. The van der Waals surface area contributed by atoms with Crippen LogP contribution in [0.3, 0.4) is 0 Å². The van der Waals surface area contributed by atoms with Crippen LogP contribution in [-0.4, -0.2) is 39.6 Å². The average molecular weight is 374 g/mol. The lowest BCUT2D eigenvalue weighted by Crippen LogP contribution is -2.28. The number of nitrogens with zero attached hydrogens (tertiary/aromatic N) is 3. The van der Waals surface area contributed by atoms with Crippen molar-refractivity contribution in [1.29, 1.82) is 0 Å². The normalized spacial score (nSPS) is 17.0. The number of ether oxygens (including phenoxy) is 2. The van der Waals surface area contributed by atoms with Gasteiger partial charge in [-0.1, -0.05) is 17.8 Å². The lowest BCUT2D eigenvalue weighted by atomic mass is 10.1. The molecule has 1 aromatic carbocycles. The van der Waals surface area contributed by atoms with Crippen LogP contribution in [-0.2, 0) is 11.8 Å². The molecule has 1 amide bonds. The van der Waals surface area contributed by atoms with E-state index >= 15 is 0 Å². The molecule has 1 N–H and O–H groups in total. The summed E-state index contributed by atoms with van der Waals surface area (Å²) in [6.07, 6.45) is 2.37. The van der Waals surface area contributed by atoms with Crippen molar-refractivity contribution in [3.63, 3.8) is 0 Å². The van der Waals surface area contributed by atoms with Crippen molar-refractivity contribution < 1.29 is 14.3 Å². The number of aromatic nitrogens is 3. The van der Waals surface area contributed by atoms with Crippen LogP contribution in [0.2, 0.25) is 0 Å². The van der Waals surface area contributed by atoms with Gasteiger partial charge in [-0.05, 0) is 37.5 Å². The number of carbonyl (C=O) groups is 1. The van der Waals surface area contributed by atoms with Crippen molar-refractivity contribution in [3.05, 3.63) is 29.6 Å². The zero-order valence-corrected chi connectivity index (χ0v) is 15.7. The maximum Gasteiger partial charge on any atom is 0.230 e. The largest absolute Gasteiger partial charge is 0.486 e. The Hall–Kier alpha value is -2.22. The van der Waals surface area contributed by atoms with Gasteiger partial charge in [-0.3, -0.25) is 4.79 Å². The molecule has 4 rings (SSSR count). The topological polar surface area (TPSA) is 78.3 Å². The van der Waals surface area contributed by atoms with Crippen LogP contribution < -0.4 is 14.8 Å². The first-order valence-corrected chi connectivity index (χ1v) is 9.81. The van der Waals surface area contributed by atoms with E-state index in [1.54, 1.807) is 0 Å². The summed E-state index contributed by atoms with van der Waals surface area (Å²) in [7, 11) is 1.96. The molecule has 2 heterocycles. The Morgan fingerprint density at radius 1 is 1.31 bits per heavy atom. The Labute approximate surface area is 156 Å². The van der Waals surface area contributed by atoms with E-state index < -0.39 is 0 Å². The second-order valence-corrected chi connectivity index (χ2v) is 7.60. The van der Waals surface area contributed by atoms with Gasteiger partial charge in [0, 0.05) is 13.0 Å². The summed E-state index contributed by atoms with van der Waals surface area (Å²) < 4.78 is 13.1. The van der Waals surface area contributed by atoms with Crippen molar-refractivity contribution >= 4 is 17.7 Å². The third-order valence-corrected chi connectivity index (χ3v) is 5.61. The predicted octanol–water partition coefficient (Wildman–Crippen LogP) is 2.43. The van der Waals surface area contributed by atoms with E-state index in [-0.39, 0.29) is 11.9 Å². The molecule has 2 aliphatic rings. The van der Waals surface area contributed by atoms with Gasteiger partial charge in [-0.25, -0.2) is 0 Å². The third kappa shape index (κ3) is 3.65. The van der Waals surface area contributed by atoms with Crippen molar-refractivity contribution in [2.75, 3.05) is 19.0 Å². The molecule has 0 unspecified atom stereocenters. The third-order valence-electron chi connectivity index (χ3n) is 4.59. The van der Waals surface area contributed by atoms with Crippen LogP contribution in [0, 0.1) is 0 Å². The smallest absolute Gasteiger partial charge is 0.230 e. The van der Waals surface area contributed by atoms with Gasteiger partial charge in [0.2, 0.25) is 5.91 Å². The summed E-state index contributed by atoms with van der Waals surface area (Å²) in [5, 5.41) is 12.2. The molecule has 0 spiro atoms. The highest BCUT2D eigenvalue weighted by atomic mass is 32.2. The van der Waals surface area contributed by atoms with Crippen molar-refractivity contribution in [2.24, 2.45) is 7.05 Å². The standard InChI is InChI=1S/C18H22N4O3S/c1-11(13-5-6-14-15(9-13)25-8-7-24-14)19-16(23)10-26-18-21-20-17(22(18)2)12-3-4-12/h5-6,9,11-12H,3-4,7-8,10H2,1-2H3,(H,19,23)/t11-/m0/s1. The summed E-state index contributed by atoms with van der Waals surface area (Å²) in [6.45, 7) is 3.08. The highest BCUT2D eigenvalue weighted by Crippen LogP contribution is 2.39. The number of fused-ring (bicyclic) bond motifs is 1. The van der Waals surface area contributed by atoms with Crippen molar-refractivity contribution in [3.8, 4) is 11.5 Å². The van der Waals surface area contributed by atoms with Crippen LogP contribution in [0.4, 0.5) is 0 Å². The van der Waals surface area contributed by atoms with Gasteiger partial charge in [-0.15, -0.1) is 10.2 Å². The molecule has 1 atom stereocenters. The lowest BCUT2D eigenvalue weighted by Gasteiger charge is -2.21. The molecule has 8 heteroatoms. The van der Waals surface area contributed by atoms with E-state index in [0.29, 0.717) is 24.9 Å². The van der Waals surface area contributed by atoms with Gasteiger partial charge in [0.1, 0.15) is 19.0 Å². The van der Waals surface area contributed by atoms with Crippen LogP contribution in [0.25, 0.3) is 0 Å². The van der Waals surface area contributed by atoms with Crippen LogP contribution >= 0.6 is 11.8 Å². The summed E-state index contributed by atoms with van der Waals surface area (Å²) >= 11 is 1.41. The summed E-state index contributed by atoms with van der Waals surface area (Å²) in [6, 6.07) is 5.66. The molecule has 2 aromatic rings. The number of thioether (sulfide) groups is 1. The van der Waals surface area contributed by atoms with Gasteiger partial charge in [0.25, 0.3) is 0 Å². The number of hydrogen-bond donors (Lipinski definition) is 1. The first kappa shape index (κ1) is 17.2. The maximum absolute atomic E-state index is 12.3. The van der Waals surface area contributed by atoms with E-state index in [1.165, 1.54) is 24.6 Å². The minimum atomic E-state index is -0.111. The molecular weight excluding hydrogens is 352 g/mol. The first-order valence-electron chi connectivity index (χ1n) is 8.83. The minimum Gasteiger partial charge on any atom is -0.486 e. The molecule has 0 bridgehead atoms. The fraction of sp³-hybridized carbons (Fsp3) is 0.500. The predicted molar refractivity (Wildman–Crippen MR) is 97.7 cm³/mol. The first-order chi connectivity index (χ1) is 12.6. The van der Waals surface area contributed by atoms with Gasteiger partial charge >= 0.3 is 0 Å². The van der Waals surface area contributed by atoms with Gasteiger partial charge in [-0.2, -0.15) is 0 Å². The number of carbonyl (C=O) groups excluding carboxylic acids is 1. The monoisotopic (exact) mass is 374 g/mol. The Balaban J connectivity index is 1.33. The highest BCUT2D eigenvalue weighted by Gasteiger charge is 2.29. The molecule has 0 saturated heterocycles. The molecule has 1 fully saturated rings. The zero-order valence-electron chi connectivity index (χ0n) is 14.9. The number of benzene rings is 1. The molecule has 1 aliphatic carbocycles. The number of amides is 1. The van der Waals surface area contributed by atoms with E-state index in [0.717, 1.165) is 28.0 Å². The molecule has 0 radical (unpaired) electrons. The van der Waals surface area contributed by atoms with Gasteiger partial charge in [0.15, 0.2) is 16.7 Å². The van der Waals surface area contributed by atoms with E-state index in [4.69, 9.17) is 9.47 Å². The fourth-order valence-electron chi connectivity index (χ4n) is 2.97. The highest BCUT2D eigenvalue weighted by molar-refractivity contribution is 7.99. The summed E-state index contributed by atoms with van der Waals surface area (Å²) in [5.74, 6) is 3.33. The minimum absolute atomic E-state index is 0.0339. The SMILES string of the molecule is C[C@H](NC(=O)CSc1nnc(C2CC2)n1C)c1ccc2c(c1)OCCO2. The molecule has 1 aliphatic heterocycles. The fourth-order valence-corrected chi connectivity index (χ4v) is 3.70. The lowest BCUT2D eigenvalue weighted by molar-refractivity contribution is -0.119. The van der Waals surface area contributed by atoms with E-state index in [9.17, 15) is 4.79 Å². The maximum atomic E-state index is 12.3. The average Bonchev–Trinajstić information content (AvgIpc) is 3.43. The van der Waals surface area contributed by atoms with Gasteiger partial charge in [0.05, 0.1) is 11.8 Å². The van der Waals surface area contributed by atoms with Crippen molar-refractivity contribution in [2.45, 2.75) is 36.9 Å². The van der Waals surface area contributed by atoms with Gasteiger partial charge < -0.3 is 19.4 Å². The quantitative estimate of drug-likeness (QED) is 0.783. The molecule has 138 valence electrons. The Kier molecular flexibility index (Phi) is 4.76. The number of nitrogens with one attached hydrogen (secondary N) is 1. The second-order valence-electron chi connectivity index (χ2n) is 6.66. The zero-order chi connectivity index (χ0) is 18.1. The molecule has 26 heavy (non-hydrogen) atoms.